The third-order valence-electron chi connectivity index (χ3n) is 6.61. The van der Waals surface area contributed by atoms with Crippen molar-refractivity contribution >= 4 is 16.1 Å². The number of hydrogen-bond donors (Lipinski definition) is 0. The van der Waals surface area contributed by atoms with Gasteiger partial charge in [0.15, 0.2) is 0 Å². The van der Waals surface area contributed by atoms with Crippen LogP contribution in [0, 0.1) is 11.5 Å². The molecule has 0 saturated carbocycles. The van der Waals surface area contributed by atoms with E-state index in [0.29, 0.717) is 16.6 Å². The van der Waals surface area contributed by atoms with Gasteiger partial charge in [-0.15, -0.1) is 5.54 Å². The van der Waals surface area contributed by atoms with Crippen LogP contribution in [0.5, 0.6) is 0 Å². The molecular weight excluding hydrogens is 320 g/mol. The van der Waals surface area contributed by atoms with Gasteiger partial charge in [-0.1, -0.05) is 94.7 Å². The molecule has 0 aliphatic rings. The first kappa shape index (κ1) is 23.7. The molecule has 0 bridgehead atoms. The molecule has 24 heavy (non-hydrogen) atoms. The first-order valence-electron chi connectivity index (χ1n) is 10.1. The molecule has 0 aromatic rings. The van der Waals surface area contributed by atoms with Gasteiger partial charge in [0.05, 0.1) is 8.07 Å². The van der Waals surface area contributed by atoms with Crippen LogP contribution < -0.4 is 0 Å². The van der Waals surface area contributed by atoms with E-state index in [-0.39, 0.29) is 0 Å². The molecule has 0 aromatic carbocycles. The van der Waals surface area contributed by atoms with Crippen LogP contribution in [0.1, 0.15) is 83.1 Å². The third-order valence-corrected chi connectivity index (χ3v) is 19.7. The summed E-state index contributed by atoms with van der Waals surface area (Å²) >= 11 is 0. The molecule has 0 aliphatic carbocycles. The largest absolute Gasteiger partial charge is 0.146 e. The summed E-state index contributed by atoms with van der Waals surface area (Å²) in [7, 11) is -3.08. The Bertz CT molecular complexity index is 413. The van der Waals surface area contributed by atoms with E-state index in [4.69, 9.17) is 0 Å². The molecule has 0 N–H and O–H groups in total. The van der Waals surface area contributed by atoms with Crippen molar-refractivity contribution in [1.29, 1.82) is 0 Å². The summed E-state index contributed by atoms with van der Waals surface area (Å²) in [5, 5.41) is 0. The molecular formula is C22H44Si2. The molecule has 140 valence electrons. The molecule has 0 radical (unpaired) electrons. The Morgan fingerprint density at radius 3 is 1.12 bits per heavy atom. The quantitative estimate of drug-likeness (QED) is 0.317. The Morgan fingerprint density at radius 1 is 0.542 bits per heavy atom. The summed E-state index contributed by atoms with van der Waals surface area (Å²) < 4.78 is 0. The summed E-state index contributed by atoms with van der Waals surface area (Å²) in [6.07, 6.45) is 2.25. The Morgan fingerprint density at radius 2 is 0.875 bits per heavy atom. The normalized spacial score (nSPS) is 13.9. The zero-order valence-electron chi connectivity index (χ0n) is 18.6. The molecule has 0 spiro atoms. The summed E-state index contributed by atoms with van der Waals surface area (Å²) in [5.41, 5.74) is 10.8. The van der Waals surface area contributed by atoms with Crippen molar-refractivity contribution in [3.05, 3.63) is 11.8 Å². The van der Waals surface area contributed by atoms with Gasteiger partial charge in [-0.3, -0.25) is 0 Å². The van der Waals surface area contributed by atoms with Crippen molar-refractivity contribution in [2.24, 2.45) is 0 Å². The fourth-order valence-electron chi connectivity index (χ4n) is 5.36. The summed E-state index contributed by atoms with van der Waals surface area (Å²) in [6, 6.07) is 0. The molecule has 0 rings (SSSR count). The van der Waals surface area contributed by atoms with Crippen molar-refractivity contribution in [2.75, 3.05) is 0 Å². The fourth-order valence-corrected chi connectivity index (χ4v) is 16.1. The molecule has 0 unspecified atom stereocenters. The van der Waals surface area contributed by atoms with Gasteiger partial charge in [0.25, 0.3) is 0 Å². The molecule has 0 nitrogen and oxygen atoms in total. The van der Waals surface area contributed by atoms with E-state index >= 15 is 0 Å². The van der Waals surface area contributed by atoms with Crippen LogP contribution in [0.15, 0.2) is 11.8 Å². The van der Waals surface area contributed by atoms with Crippen LogP contribution in [0.25, 0.3) is 0 Å². The van der Waals surface area contributed by atoms with Gasteiger partial charge in [-0.05, 0) is 39.3 Å². The van der Waals surface area contributed by atoms with Crippen LogP contribution in [0.2, 0.25) is 33.2 Å². The van der Waals surface area contributed by atoms with Crippen LogP contribution >= 0.6 is 0 Å². The van der Waals surface area contributed by atoms with E-state index in [1.54, 1.807) is 0 Å². The highest BCUT2D eigenvalue weighted by molar-refractivity contribution is 6.90. The number of rotatable bonds is 7. The Hall–Kier alpha value is -0.266. The smallest absolute Gasteiger partial charge is 0.126 e. The number of hydrogen-bond acceptors (Lipinski definition) is 0. The maximum Gasteiger partial charge on any atom is 0.146 e. The van der Waals surface area contributed by atoms with Gasteiger partial charge in [0.2, 0.25) is 0 Å². The second-order valence-electron chi connectivity index (χ2n) is 9.46. The average Bonchev–Trinajstić information content (AvgIpc) is 2.40. The molecule has 0 saturated heterocycles. The lowest BCUT2D eigenvalue weighted by Gasteiger charge is -2.40. The maximum absolute atomic E-state index is 3.85. The minimum Gasteiger partial charge on any atom is -0.126 e. The van der Waals surface area contributed by atoms with Gasteiger partial charge < -0.3 is 0 Å². The predicted molar refractivity (Wildman–Crippen MR) is 119 cm³/mol. The van der Waals surface area contributed by atoms with Gasteiger partial charge in [0.1, 0.15) is 8.07 Å². The highest BCUT2D eigenvalue weighted by Crippen LogP contribution is 2.43. The standard InChI is InChI=1S/C22H44Si2/c1-17(2)23(18(3)4,19(5)6)15-13-14-16-24(20(7)8,21(9)10)22(11)12/h13,15,17-22H,1-12H3/b15-13+. The van der Waals surface area contributed by atoms with E-state index in [1.807, 2.05) is 0 Å². The topological polar surface area (TPSA) is 0 Å². The second kappa shape index (κ2) is 9.44. The molecule has 0 aromatic heterocycles. The van der Waals surface area contributed by atoms with Gasteiger partial charge >= 0.3 is 0 Å². The fraction of sp³-hybridized carbons (Fsp3) is 0.818. The predicted octanol–water partition coefficient (Wildman–Crippen LogP) is 7.98. The lowest BCUT2D eigenvalue weighted by Crippen LogP contribution is -2.43. The van der Waals surface area contributed by atoms with E-state index in [0.717, 1.165) is 16.6 Å². The summed E-state index contributed by atoms with van der Waals surface area (Å²) in [6.45, 7) is 28.8. The lowest BCUT2D eigenvalue weighted by molar-refractivity contribution is 0.833. The highest BCUT2D eigenvalue weighted by atomic mass is 28.3. The van der Waals surface area contributed by atoms with Crippen LogP contribution in [0.4, 0.5) is 0 Å². The molecule has 0 atom stereocenters. The van der Waals surface area contributed by atoms with Crippen molar-refractivity contribution in [3.63, 3.8) is 0 Å². The van der Waals surface area contributed by atoms with E-state index in [2.05, 4.69) is 106 Å². The van der Waals surface area contributed by atoms with Gasteiger partial charge in [0, 0.05) is 0 Å². The zero-order valence-corrected chi connectivity index (χ0v) is 20.6. The molecule has 0 fully saturated rings. The van der Waals surface area contributed by atoms with Crippen LogP contribution in [0.3, 0.4) is 0 Å². The third kappa shape index (κ3) is 4.67. The summed E-state index contributed by atoms with van der Waals surface area (Å²) in [4.78, 5) is 0. The zero-order chi connectivity index (χ0) is 19.3. The SMILES string of the molecule is CC(C)[Si](C#C/C=C/[Si](C(C)C)(C(C)C)C(C)C)(C(C)C)C(C)C. The van der Waals surface area contributed by atoms with Crippen molar-refractivity contribution < 1.29 is 0 Å². The van der Waals surface area contributed by atoms with E-state index in [9.17, 15) is 0 Å². The van der Waals surface area contributed by atoms with E-state index < -0.39 is 16.1 Å². The molecule has 0 heterocycles. The van der Waals surface area contributed by atoms with Crippen molar-refractivity contribution in [1.82, 2.24) is 0 Å². The second-order valence-corrected chi connectivity index (χ2v) is 20.8. The van der Waals surface area contributed by atoms with Crippen molar-refractivity contribution in [2.45, 2.75) is 116 Å². The summed E-state index contributed by atoms with van der Waals surface area (Å²) in [5.74, 6) is 3.56. The Labute approximate surface area is 155 Å². The monoisotopic (exact) mass is 364 g/mol. The highest BCUT2D eigenvalue weighted by Gasteiger charge is 2.42. The molecule has 0 amide bonds. The minimum atomic E-state index is -1.60. The van der Waals surface area contributed by atoms with Gasteiger partial charge in [-0.2, -0.15) is 0 Å². The average molecular weight is 365 g/mol. The van der Waals surface area contributed by atoms with Crippen LogP contribution in [-0.4, -0.2) is 16.1 Å². The maximum atomic E-state index is 3.85. The first-order chi connectivity index (χ1) is 10.9. The van der Waals surface area contributed by atoms with Crippen molar-refractivity contribution in [3.8, 4) is 11.5 Å². The molecule has 2 heteroatoms. The first-order valence-corrected chi connectivity index (χ1v) is 14.6. The number of allylic oxidation sites excluding steroid dienone is 1. The Balaban J connectivity index is 5.86. The molecule has 0 aliphatic heterocycles. The lowest BCUT2D eigenvalue weighted by atomic mass is 10.5. The minimum absolute atomic E-state index is 0.709. The van der Waals surface area contributed by atoms with Gasteiger partial charge in [-0.25, -0.2) is 0 Å². The van der Waals surface area contributed by atoms with E-state index in [1.165, 1.54) is 0 Å². The van der Waals surface area contributed by atoms with Crippen LogP contribution in [-0.2, 0) is 0 Å². The Kier molecular flexibility index (Phi) is 9.33.